The number of allylic oxidation sites excluding steroid dienone is 5. The van der Waals surface area contributed by atoms with Crippen LogP contribution in [0.4, 0.5) is 0 Å². The fraction of sp³-hybridized carbons (Fsp3) is 0.500. The first kappa shape index (κ1) is 10.5. The molecule has 0 radical (unpaired) electrons. The van der Waals surface area contributed by atoms with Gasteiger partial charge in [-0.25, -0.2) is 0 Å². The average Bonchev–Trinajstić information content (AvgIpc) is 2.56. The fourth-order valence-electron chi connectivity index (χ4n) is 2.32. The summed E-state index contributed by atoms with van der Waals surface area (Å²) in [7, 11) is 2.22. The van der Waals surface area contributed by atoms with Gasteiger partial charge < -0.3 is 4.90 Å². The van der Waals surface area contributed by atoms with Gasteiger partial charge in [0.05, 0.1) is 0 Å². The molecule has 0 spiro atoms. The molecule has 1 saturated heterocycles. The minimum Gasteiger partial charge on any atom is -0.306 e. The Hall–Kier alpha value is -1.04. The maximum atomic E-state index is 3.12. The molecule has 1 unspecified atom stereocenters. The third kappa shape index (κ3) is 3.23. The lowest BCUT2D eigenvalue weighted by Gasteiger charge is -2.11. The minimum absolute atomic E-state index is 0.860. The van der Waals surface area contributed by atoms with E-state index in [-0.39, 0.29) is 0 Å². The Balaban J connectivity index is 1.91. The van der Waals surface area contributed by atoms with Crippen LogP contribution in [0.1, 0.15) is 19.3 Å². The molecule has 1 heterocycles. The van der Waals surface area contributed by atoms with Gasteiger partial charge in [-0.2, -0.15) is 0 Å². The fourth-order valence-corrected chi connectivity index (χ4v) is 2.32. The lowest BCUT2D eigenvalue weighted by Crippen LogP contribution is -2.14. The summed E-state index contributed by atoms with van der Waals surface area (Å²) in [5.74, 6) is 0.860. The predicted octanol–water partition coefficient (Wildman–Crippen LogP) is 2.93. The summed E-state index contributed by atoms with van der Waals surface area (Å²) in [6.07, 6.45) is 14.4. The SMILES string of the molecule is CN1CCC(CC2=CCC=C=CC=C2)C1. The van der Waals surface area contributed by atoms with Gasteiger partial charge >= 0.3 is 0 Å². The highest BCUT2D eigenvalue weighted by atomic mass is 15.1. The van der Waals surface area contributed by atoms with Crippen molar-refractivity contribution in [1.29, 1.82) is 0 Å². The Labute approximate surface area is 92.5 Å². The zero-order chi connectivity index (χ0) is 10.5. The topological polar surface area (TPSA) is 3.24 Å². The zero-order valence-electron chi connectivity index (χ0n) is 9.45. The molecule has 1 aliphatic carbocycles. The van der Waals surface area contributed by atoms with Gasteiger partial charge in [-0.3, -0.25) is 0 Å². The second-order valence-electron chi connectivity index (χ2n) is 4.53. The first-order chi connectivity index (χ1) is 7.34. The lowest BCUT2D eigenvalue weighted by atomic mass is 9.97. The van der Waals surface area contributed by atoms with Gasteiger partial charge in [-0.05, 0) is 50.9 Å². The third-order valence-corrected chi connectivity index (χ3v) is 3.13. The Morgan fingerprint density at radius 2 is 2.47 bits per heavy atom. The molecule has 1 nitrogen and oxygen atoms in total. The monoisotopic (exact) mass is 201 g/mol. The molecule has 1 aliphatic heterocycles. The molecule has 0 amide bonds. The number of hydrogen-bond acceptors (Lipinski definition) is 1. The molecular weight excluding hydrogens is 182 g/mol. The third-order valence-electron chi connectivity index (χ3n) is 3.13. The van der Waals surface area contributed by atoms with E-state index < -0.39 is 0 Å². The molecule has 0 aromatic rings. The van der Waals surface area contributed by atoms with E-state index in [4.69, 9.17) is 0 Å². The maximum absolute atomic E-state index is 3.12. The summed E-state index contributed by atoms with van der Waals surface area (Å²) >= 11 is 0. The second kappa shape index (κ2) is 5.16. The molecule has 1 atom stereocenters. The van der Waals surface area contributed by atoms with Crippen LogP contribution in [0.25, 0.3) is 0 Å². The largest absolute Gasteiger partial charge is 0.306 e. The first-order valence-corrected chi connectivity index (χ1v) is 5.80. The molecule has 2 aliphatic rings. The van der Waals surface area contributed by atoms with E-state index in [1.54, 1.807) is 0 Å². The van der Waals surface area contributed by atoms with E-state index in [1.807, 2.05) is 6.08 Å². The summed E-state index contributed by atoms with van der Waals surface area (Å²) in [5.41, 5.74) is 4.61. The van der Waals surface area contributed by atoms with Gasteiger partial charge in [0.25, 0.3) is 0 Å². The van der Waals surface area contributed by atoms with Gasteiger partial charge in [-0.1, -0.05) is 23.8 Å². The molecule has 2 rings (SSSR count). The predicted molar refractivity (Wildman–Crippen MR) is 64.7 cm³/mol. The second-order valence-corrected chi connectivity index (χ2v) is 4.53. The standard InChI is InChI=1S/C14H19N/c1-15-10-9-14(12-15)11-13-7-5-3-2-4-6-8-13/h3-5,7-8,14H,6,9-12H2,1H3. The van der Waals surface area contributed by atoms with E-state index in [0.29, 0.717) is 0 Å². The maximum Gasteiger partial charge on any atom is 0.00103 e. The number of nitrogens with zero attached hydrogens (tertiary/aromatic N) is 1. The van der Waals surface area contributed by atoms with Gasteiger partial charge in [0, 0.05) is 6.54 Å². The molecule has 0 bridgehead atoms. The minimum atomic E-state index is 0.860. The Bertz CT molecular complexity index is 329. The first-order valence-electron chi connectivity index (χ1n) is 5.80. The molecular formula is C14H19N. The van der Waals surface area contributed by atoms with Crippen molar-refractivity contribution in [3.8, 4) is 0 Å². The zero-order valence-corrected chi connectivity index (χ0v) is 9.45. The van der Waals surface area contributed by atoms with Crippen molar-refractivity contribution >= 4 is 0 Å². The van der Waals surface area contributed by atoms with Crippen molar-refractivity contribution in [2.75, 3.05) is 20.1 Å². The Kier molecular flexibility index (Phi) is 3.60. The van der Waals surface area contributed by atoms with Crippen molar-refractivity contribution in [1.82, 2.24) is 4.90 Å². The summed E-state index contributed by atoms with van der Waals surface area (Å²) in [5, 5.41) is 0. The van der Waals surface area contributed by atoms with Crippen LogP contribution in [0.2, 0.25) is 0 Å². The van der Waals surface area contributed by atoms with Crippen LogP contribution < -0.4 is 0 Å². The molecule has 1 heteroatoms. The average molecular weight is 201 g/mol. The molecule has 1 fully saturated rings. The molecule has 15 heavy (non-hydrogen) atoms. The van der Waals surface area contributed by atoms with Crippen LogP contribution in [0, 0.1) is 5.92 Å². The Morgan fingerprint density at radius 1 is 1.53 bits per heavy atom. The highest BCUT2D eigenvalue weighted by molar-refractivity contribution is 5.25. The van der Waals surface area contributed by atoms with Crippen molar-refractivity contribution in [3.63, 3.8) is 0 Å². The van der Waals surface area contributed by atoms with E-state index >= 15 is 0 Å². The summed E-state index contributed by atoms with van der Waals surface area (Å²) in [6, 6.07) is 0. The van der Waals surface area contributed by atoms with Crippen LogP contribution in [0.5, 0.6) is 0 Å². The number of hydrogen-bond donors (Lipinski definition) is 0. The normalized spacial score (nSPS) is 26.5. The molecule has 0 aromatic heterocycles. The molecule has 0 N–H and O–H groups in total. The summed E-state index contributed by atoms with van der Waals surface area (Å²) in [4.78, 5) is 2.43. The van der Waals surface area contributed by atoms with E-state index in [9.17, 15) is 0 Å². The van der Waals surface area contributed by atoms with Gasteiger partial charge in [-0.15, -0.1) is 5.73 Å². The highest BCUT2D eigenvalue weighted by Crippen LogP contribution is 2.23. The van der Waals surface area contributed by atoms with E-state index in [0.717, 1.165) is 12.3 Å². The number of likely N-dealkylation sites (tertiary alicyclic amines) is 1. The summed E-state index contributed by atoms with van der Waals surface area (Å²) < 4.78 is 0. The number of rotatable bonds is 2. The van der Waals surface area contributed by atoms with Crippen molar-refractivity contribution < 1.29 is 0 Å². The van der Waals surface area contributed by atoms with Crippen LogP contribution in [0.15, 0.2) is 41.7 Å². The van der Waals surface area contributed by atoms with Crippen LogP contribution in [0.3, 0.4) is 0 Å². The summed E-state index contributed by atoms with van der Waals surface area (Å²) in [6.45, 7) is 2.53. The van der Waals surface area contributed by atoms with E-state index in [1.165, 1.54) is 31.5 Å². The van der Waals surface area contributed by atoms with E-state index in [2.05, 4.69) is 42.0 Å². The highest BCUT2D eigenvalue weighted by Gasteiger charge is 2.19. The Morgan fingerprint density at radius 3 is 3.27 bits per heavy atom. The van der Waals surface area contributed by atoms with Crippen LogP contribution >= 0.6 is 0 Å². The van der Waals surface area contributed by atoms with Crippen LogP contribution in [-0.4, -0.2) is 25.0 Å². The van der Waals surface area contributed by atoms with Crippen molar-refractivity contribution in [2.24, 2.45) is 5.92 Å². The molecule has 0 aromatic carbocycles. The quantitative estimate of drug-likeness (QED) is 0.621. The van der Waals surface area contributed by atoms with Gasteiger partial charge in [0.1, 0.15) is 0 Å². The van der Waals surface area contributed by atoms with Crippen LogP contribution in [-0.2, 0) is 0 Å². The van der Waals surface area contributed by atoms with Gasteiger partial charge in [0.15, 0.2) is 0 Å². The van der Waals surface area contributed by atoms with Crippen molar-refractivity contribution in [3.05, 3.63) is 41.7 Å². The van der Waals surface area contributed by atoms with Gasteiger partial charge in [0.2, 0.25) is 0 Å². The lowest BCUT2D eigenvalue weighted by molar-refractivity contribution is 0.394. The molecule has 80 valence electrons. The smallest absolute Gasteiger partial charge is 0.00103 e. The van der Waals surface area contributed by atoms with Crippen molar-refractivity contribution in [2.45, 2.75) is 19.3 Å². The molecule has 0 saturated carbocycles.